The fourth-order valence-corrected chi connectivity index (χ4v) is 3.79. The molecule has 2 heterocycles. The summed E-state index contributed by atoms with van der Waals surface area (Å²) in [4.78, 5) is 41.7. The minimum absolute atomic E-state index is 0.0462. The molecule has 1 aliphatic rings. The van der Waals surface area contributed by atoms with Gasteiger partial charge in [-0.1, -0.05) is 12.8 Å². The predicted molar refractivity (Wildman–Crippen MR) is 114 cm³/mol. The molecule has 0 unspecified atom stereocenters. The number of aryl methyl sites for hydroxylation is 1. The molecule has 2 aromatic carbocycles. The molecule has 0 saturated heterocycles. The maximum atomic E-state index is 14.3. The van der Waals surface area contributed by atoms with Gasteiger partial charge in [-0.05, 0) is 49.2 Å². The highest BCUT2D eigenvalue weighted by Crippen LogP contribution is 2.20. The van der Waals surface area contributed by atoms with E-state index < -0.39 is 17.7 Å². The van der Waals surface area contributed by atoms with E-state index in [1.54, 1.807) is 16.7 Å². The Labute approximate surface area is 177 Å². The van der Waals surface area contributed by atoms with Crippen molar-refractivity contribution in [2.45, 2.75) is 38.6 Å². The monoisotopic (exact) mass is 423 g/mol. The van der Waals surface area contributed by atoms with Gasteiger partial charge in [0.1, 0.15) is 11.6 Å². The number of benzene rings is 2. The summed E-state index contributed by atoms with van der Waals surface area (Å²) in [5.41, 5.74) is 0.588. The molecular formula is C23H22FN3O4. The molecular weight excluding hydrogens is 401 g/mol. The number of amides is 1. The maximum absolute atomic E-state index is 14.3. The largest absolute Gasteiger partial charge is 0.465 e. The van der Waals surface area contributed by atoms with Crippen molar-refractivity contribution in [2.75, 3.05) is 12.4 Å². The molecule has 160 valence electrons. The Hall–Kier alpha value is -3.55. The van der Waals surface area contributed by atoms with E-state index in [0.717, 1.165) is 44.0 Å². The van der Waals surface area contributed by atoms with Crippen LogP contribution in [-0.2, 0) is 17.7 Å². The standard InChI is InChI=1S/C23H22FN3O4/c1-31-23(30)15-8-10-18(17(24)12-15)26-21(28)14-7-9-16-19(13-14)25-20-6-4-2-3-5-11-27(20)22(16)29/h7-10,12-13H,2-6,11H2,1H3,(H,26,28). The molecule has 0 saturated carbocycles. The quantitative estimate of drug-likeness (QED) is 0.649. The summed E-state index contributed by atoms with van der Waals surface area (Å²) in [5, 5.41) is 2.95. The number of ether oxygens (including phenoxy) is 1. The van der Waals surface area contributed by atoms with Gasteiger partial charge in [0.15, 0.2) is 0 Å². The van der Waals surface area contributed by atoms with Crippen LogP contribution in [0.1, 0.15) is 52.2 Å². The van der Waals surface area contributed by atoms with Gasteiger partial charge in [0, 0.05) is 18.5 Å². The number of rotatable bonds is 3. The lowest BCUT2D eigenvalue weighted by Crippen LogP contribution is -2.26. The van der Waals surface area contributed by atoms with Crippen molar-refractivity contribution >= 4 is 28.5 Å². The number of fused-ring (bicyclic) bond motifs is 2. The van der Waals surface area contributed by atoms with Gasteiger partial charge in [-0.2, -0.15) is 0 Å². The first-order valence-electron chi connectivity index (χ1n) is 10.2. The summed E-state index contributed by atoms with van der Waals surface area (Å²) >= 11 is 0. The summed E-state index contributed by atoms with van der Waals surface area (Å²) in [7, 11) is 1.20. The summed E-state index contributed by atoms with van der Waals surface area (Å²) < 4.78 is 20.6. The lowest BCUT2D eigenvalue weighted by Gasteiger charge is -2.16. The van der Waals surface area contributed by atoms with Gasteiger partial charge in [-0.25, -0.2) is 14.2 Å². The van der Waals surface area contributed by atoms with E-state index in [9.17, 15) is 18.8 Å². The molecule has 0 atom stereocenters. The fraction of sp³-hybridized carbons (Fsp3) is 0.304. The molecule has 0 fully saturated rings. The van der Waals surface area contributed by atoms with Gasteiger partial charge in [0.05, 0.1) is 29.3 Å². The van der Waals surface area contributed by atoms with Crippen LogP contribution in [0.2, 0.25) is 0 Å². The number of halogens is 1. The number of nitrogens with zero attached hydrogens (tertiary/aromatic N) is 2. The number of nitrogens with one attached hydrogen (secondary N) is 1. The van der Waals surface area contributed by atoms with Gasteiger partial charge in [-0.3, -0.25) is 14.2 Å². The molecule has 1 amide bonds. The van der Waals surface area contributed by atoms with Crippen LogP contribution in [0.4, 0.5) is 10.1 Å². The third-order valence-electron chi connectivity index (χ3n) is 5.47. The van der Waals surface area contributed by atoms with Gasteiger partial charge in [-0.15, -0.1) is 0 Å². The van der Waals surface area contributed by atoms with E-state index in [1.165, 1.54) is 25.3 Å². The molecule has 8 heteroatoms. The molecule has 0 bridgehead atoms. The Morgan fingerprint density at radius 3 is 2.61 bits per heavy atom. The van der Waals surface area contributed by atoms with Gasteiger partial charge in [0.2, 0.25) is 0 Å². The topological polar surface area (TPSA) is 90.3 Å². The molecule has 4 rings (SSSR count). The summed E-state index contributed by atoms with van der Waals surface area (Å²) in [5.74, 6) is -1.23. The van der Waals surface area contributed by atoms with Gasteiger partial charge in [0.25, 0.3) is 11.5 Å². The van der Waals surface area contributed by atoms with Crippen molar-refractivity contribution in [1.29, 1.82) is 0 Å². The average Bonchev–Trinajstić information content (AvgIpc) is 2.75. The first-order valence-corrected chi connectivity index (χ1v) is 10.2. The van der Waals surface area contributed by atoms with Crippen LogP contribution in [0, 0.1) is 5.82 Å². The second-order valence-corrected chi connectivity index (χ2v) is 7.52. The second-order valence-electron chi connectivity index (χ2n) is 7.52. The van der Waals surface area contributed by atoms with Crippen LogP contribution in [-0.4, -0.2) is 28.5 Å². The first-order chi connectivity index (χ1) is 15.0. The highest BCUT2D eigenvalue weighted by Gasteiger charge is 2.16. The van der Waals surface area contributed by atoms with Crippen LogP contribution < -0.4 is 10.9 Å². The van der Waals surface area contributed by atoms with Crippen molar-refractivity contribution < 1.29 is 18.7 Å². The summed E-state index contributed by atoms with van der Waals surface area (Å²) in [6.45, 7) is 0.653. The van der Waals surface area contributed by atoms with E-state index in [0.29, 0.717) is 17.4 Å². The number of methoxy groups -OCH3 is 1. The van der Waals surface area contributed by atoms with E-state index in [-0.39, 0.29) is 22.4 Å². The lowest BCUT2D eigenvalue weighted by atomic mass is 10.1. The Bertz CT molecular complexity index is 1240. The third kappa shape index (κ3) is 4.19. The van der Waals surface area contributed by atoms with E-state index in [4.69, 9.17) is 0 Å². The zero-order chi connectivity index (χ0) is 22.0. The van der Waals surface area contributed by atoms with E-state index in [2.05, 4.69) is 15.0 Å². The van der Waals surface area contributed by atoms with E-state index in [1.807, 2.05) is 0 Å². The molecule has 7 nitrogen and oxygen atoms in total. The lowest BCUT2D eigenvalue weighted by molar-refractivity contribution is 0.0600. The van der Waals surface area contributed by atoms with Gasteiger partial charge < -0.3 is 10.1 Å². The maximum Gasteiger partial charge on any atom is 0.337 e. The molecule has 31 heavy (non-hydrogen) atoms. The first kappa shape index (κ1) is 20.7. The van der Waals surface area contributed by atoms with Crippen molar-refractivity contribution in [3.63, 3.8) is 0 Å². The molecule has 0 aliphatic carbocycles. The molecule has 1 aliphatic heterocycles. The van der Waals surface area contributed by atoms with Crippen molar-refractivity contribution in [2.24, 2.45) is 0 Å². The molecule has 1 N–H and O–H groups in total. The van der Waals surface area contributed by atoms with E-state index >= 15 is 0 Å². The highest BCUT2D eigenvalue weighted by molar-refractivity contribution is 6.06. The number of carbonyl (C=O) groups is 2. The minimum Gasteiger partial charge on any atom is -0.465 e. The Morgan fingerprint density at radius 2 is 1.84 bits per heavy atom. The molecule has 1 aromatic heterocycles. The molecule has 0 radical (unpaired) electrons. The van der Waals surface area contributed by atoms with Crippen LogP contribution in [0.15, 0.2) is 41.2 Å². The van der Waals surface area contributed by atoms with Crippen molar-refractivity contribution in [3.05, 3.63) is 69.5 Å². The van der Waals surface area contributed by atoms with Crippen LogP contribution in [0.25, 0.3) is 10.9 Å². The Balaban J connectivity index is 1.64. The smallest absolute Gasteiger partial charge is 0.337 e. The Morgan fingerprint density at radius 1 is 1.06 bits per heavy atom. The highest BCUT2D eigenvalue weighted by atomic mass is 19.1. The van der Waals surface area contributed by atoms with Crippen LogP contribution in [0.5, 0.6) is 0 Å². The zero-order valence-corrected chi connectivity index (χ0v) is 17.1. The van der Waals surface area contributed by atoms with Crippen LogP contribution >= 0.6 is 0 Å². The molecule has 0 spiro atoms. The Kier molecular flexibility index (Phi) is 5.79. The summed E-state index contributed by atoms with van der Waals surface area (Å²) in [6.07, 6.45) is 4.84. The normalized spacial score (nSPS) is 13.7. The second kappa shape index (κ2) is 8.67. The third-order valence-corrected chi connectivity index (χ3v) is 5.47. The number of esters is 1. The van der Waals surface area contributed by atoms with Crippen LogP contribution in [0.3, 0.4) is 0 Å². The SMILES string of the molecule is COC(=O)c1ccc(NC(=O)c2ccc3c(=O)n4c(nc3c2)CCCCCC4)c(F)c1. The minimum atomic E-state index is -0.755. The summed E-state index contributed by atoms with van der Waals surface area (Å²) in [6, 6.07) is 8.33. The number of hydrogen-bond acceptors (Lipinski definition) is 5. The van der Waals surface area contributed by atoms with Crippen molar-refractivity contribution in [1.82, 2.24) is 9.55 Å². The predicted octanol–water partition coefficient (Wildman–Crippen LogP) is 3.69. The number of carbonyl (C=O) groups excluding carboxylic acids is 2. The molecule has 3 aromatic rings. The number of hydrogen-bond donors (Lipinski definition) is 1. The number of aromatic nitrogens is 2. The zero-order valence-electron chi connectivity index (χ0n) is 17.1. The van der Waals surface area contributed by atoms with Crippen molar-refractivity contribution in [3.8, 4) is 0 Å². The average molecular weight is 423 g/mol. The fourth-order valence-electron chi connectivity index (χ4n) is 3.79. The van der Waals surface area contributed by atoms with Gasteiger partial charge >= 0.3 is 5.97 Å². The number of anilines is 1.